The summed E-state index contributed by atoms with van der Waals surface area (Å²) >= 11 is 0. The lowest BCUT2D eigenvalue weighted by atomic mass is 10.2. The second-order valence-corrected chi connectivity index (χ2v) is 5.48. The normalized spacial score (nSPS) is 10.2. The lowest BCUT2D eigenvalue weighted by Crippen LogP contribution is -2.25. The maximum Gasteiger partial charge on any atom is 0.270 e. The van der Waals surface area contributed by atoms with E-state index in [1.165, 1.54) is 0 Å². The Bertz CT molecular complexity index is 734. The Balaban J connectivity index is 2.10. The van der Waals surface area contributed by atoms with Crippen molar-refractivity contribution >= 4 is 11.7 Å². The number of nitrogens with zero attached hydrogens (tertiary/aromatic N) is 2. The van der Waals surface area contributed by atoms with Gasteiger partial charge in [-0.2, -0.15) is 0 Å². The molecule has 2 aromatic rings. The first kappa shape index (κ1) is 18.5. The van der Waals surface area contributed by atoms with Gasteiger partial charge in [0.1, 0.15) is 17.3 Å². The number of aromatic nitrogens is 2. The molecule has 0 aliphatic carbocycles. The maximum atomic E-state index is 12.1. The van der Waals surface area contributed by atoms with E-state index in [2.05, 4.69) is 20.6 Å². The van der Waals surface area contributed by atoms with Gasteiger partial charge in [0.25, 0.3) is 5.91 Å². The zero-order valence-electron chi connectivity index (χ0n) is 15.0. The Morgan fingerprint density at radius 3 is 2.56 bits per heavy atom. The van der Waals surface area contributed by atoms with E-state index in [1.807, 2.05) is 25.1 Å². The van der Waals surface area contributed by atoms with E-state index < -0.39 is 0 Å². The largest absolute Gasteiger partial charge is 0.493 e. The minimum atomic E-state index is -0.193. The van der Waals surface area contributed by atoms with Crippen LogP contribution in [0.4, 0.5) is 5.82 Å². The van der Waals surface area contributed by atoms with Gasteiger partial charge >= 0.3 is 0 Å². The van der Waals surface area contributed by atoms with Crippen molar-refractivity contribution in [1.29, 1.82) is 0 Å². The van der Waals surface area contributed by atoms with Gasteiger partial charge in [0.05, 0.1) is 14.2 Å². The standard InChI is InChI=1S/C18H24N4O3/c1-5-8-19-18(23)14-10-17(22-12(2)21-14)20-11-13-6-7-15(24-3)16(9-13)25-4/h6-7,9-10H,5,8,11H2,1-4H3,(H,19,23)(H,20,21,22). The van der Waals surface area contributed by atoms with E-state index in [9.17, 15) is 4.79 Å². The number of hydrogen-bond acceptors (Lipinski definition) is 6. The van der Waals surface area contributed by atoms with Crippen LogP contribution in [0.3, 0.4) is 0 Å². The van der Waals surface area contributed by atoms with Crippen LogP contribution in [0.2, 0.25) is 0 Å². The molecule has 0 aliphatic heterocycles. The minimum absolute atomic E-state index is 0.193. The minimum Gasteiger partial charge on any atom is -0.493 e. The van der Waals surface area contributed by atoms with Crippen molar-refractivity contribution in [2.45, 2.75) is 26.8 Å². The monoisotopic (exact) mass is 344 g/mol. The summed E-state index contributed by atoms with van der Waals surface area (Å²) in [6.45, 7) is 4.92. The van der Waals surface area contributed by atoms with Crippen molar-refractivity contribution in [3.63, 3.8) is 0 Å². The van der Waals surface area contributed by atoms with E-state index in [-0.39, 0.29) is 5.91 Å². The van der Waals surface area contributed by atoms with Crippen LogP contribution in [-0.2, 0) is 6.54 Å². The average Bonchev–Trinajstić information content (AvgIpc) is 2.63. The summed E-state index contributed by atoms with van der Waals surface area (Å²) in [5.74, 6) is 2.30. The van der Waals surface area contributed by atoms with Crippen LogP contribution >= 0.6 is 0 Å². The van der Waals surface area contributed by atoms with Gasteiger partial charge in [0, 0.05) is 19.2 Å². The molecular weight excluding hydrogens is 320 g/mol. The van der Waals surface area contributed by atoms with Gasteiger partial charge in [-0.05, 0) is 31.0 Å². The number of anilines is 1. The highest BCUT2D eigenvalue weighted by Crippen LogP contribution is 2.27. The highest BCUT2D eigenvalue weighted by molar-refractivity contribution is 5.92. The third-order valence-electron chi connectivity index (χ3n) is 3.53. The van der Waals surface area contributed by atoms with Crippen LogP contribution in [0.1, 0.15) is 35.2 Å². The molecule has 0 aliphatic rings. The highest BCUT2D eigenvalue weighted by Gasteiger charge is 2.10. The molecule has 0 atom stereocenters. The van der Waals surface area contributed by atoms with Crippen molar-refractivity contribution in [3.05, 3.63) is 41.3 Å². The first-order chi connectivity index (χ1) is 12.1. The summed E-state index contributed by atoms with van der Waals surface area (Å²) in [6.07, 6.45) is 0.875. The van der Waals surface area contributed by atoms with Crippen LogP contribution in [0.5, 0.6) is 11.5 Å². The number of hydrogen-bond donors (Lipinski definition) is 2. The molecule has 2 rings (SSSR count). The molecule has 0 unspecified atom stereocenters. The third-order valence-corrected chi connectivity index (χ3v) is 3.53. The number of methoxy groups -OCH3 is 2. The van der Waals surface area contributed by atoms with Crippen LogP contribution < -0.4 is 20.1 Å². The Morgan fingerprint density at radius 2 is 1.88 bits per heavy atom. The van der Waals surface area contributed by atoms with Gasteiger partial charge < -0.3 is 20.1 Å². The third kappa shape index (κ3) is 5.07. The number of benzene rings is 1. The van der Waals surface area contributed by atoms with Crippen LogP contribution in [0.15, 0.2) is 24.3 Å². The zero-order valence-corrected chi connectivity index (χ0v) is 15.0. The van der Waals surface area contributed by atoms with E-state index in [4.69, 9.17) is 9.47 Å². The number of aryl methyl sites for hydroxylation is 1. The SMILES string of the molecule is CCCNC(=O)c1cc(NCc2ccc(OC)c(OC)c2)nc(C)n1. The summed E-state index contributed by atoms with van der Waals surface area (Å²) in [4.78, 5) is 20.6. The van der Waals surface area contributed by atoms with Gasteiger partial charge in [-0.3, -0.25) is 4.79 Å². The fourth-order valence-corrected chi connectivity index (χ4v) is 2.29. The molecule has 0 saturated carbocycles. The fourth-order valence-electron chi connectivity index (χ4n) is 2.29. The highest BCUT2D eigenvalue weighted by atomic mass is 16.5. The molecular formula is C18H24N4O3. The molecule has 7 heteroatoms. The van der Waals surface area contributed by atoms with Crippen molar-refractivity contribution in [2.24, 2.45) is 0 Å². The first-order valence-electron chi connectivity index (χ1n) is 8.16. The Morgan fingerprint density at radius 1 is 1.12 bits per heavy atom. The molecule has 0 bridgehead atoms. The average molecular weight is 344 g/mol. The second-order valence-electron chi connectivity index (χ2n) is 5.48. The molecule has 0 radical (unpaired) electrons. The molecule has 2 N–H and O–H groups in total. The molecule has 0 spiro atoms. The molecule has 1 amide bonds. The van der Waals surface area contributed by atoms with Gasteiger partial charge in [-0.1, -0.05) is 13.0 Å². The number of carbonyl (C=O) groups excluding carboxylic acids is 1. The zero-order chi connectivity index (χ0) is 18.2. The number of nitrogens with one attached hydrogen (secondary N) is 2. The number of amides is 1. The molecule has 0 fully saturated rings. The van der Waals surface area contributed by atoms with Gasteiger partial charge in [0.15, 0.2) is 11.5 Å². The summed E-state index contributed by atoms with van der Waals surface area (Å²) in [5.41, 5.74) is 1.36. The number of rotatable bonds is 8. The summed E-state index contributed by atoms with van der Waals surface area (Å²) < 4.78 is 10.5. The van der Waals surface area contributed by atoms with Crippen molar-refractivity contribution in [3.8, 4) is 11.5 Å². The van der Waals surface area contributed by atoms with Crippen LogP contribution in [0.25, 0.3) is 0 Å². The van der Waals surface area contributed by atoms with Gasteiger partial charge in [-0.15, -0.1) is 0 Å². The van der Waals surface area contributed by atoms with Crippen molar-refractivity contribution in [2.75, 3.05) is 26.1 Å². The Hall–Kier alpha value is -2.83. The predicted molar refractivity (Wildman–Crippen MR) is 96.3 cm³/mol. The van der Waals surface area contributed by atoms with Gasteiger partial charge in [-0.25, -0.2) is 9.97 Å². The molecule has 1 heterocycles. The Labute approximate surface area is 147 Å². The van der Waals surface area contributed by atoms with Crippen LogP contribution in [0, 0.1) is 6.92 Å². The van der Waals surface area contributed by atoms with E-state index in [1.54, 1.807) is 27.2 Å². The topological polar surface area (TPSA) is 85.4 Å². The van der Waals surface area contributed by atoms with Gasteiger partial charge in [0.2, 0.25) is 0 Å². The second kappa shape index (κ2) is 8.86. The fraction of sp³-hybridized carbons (Fsp3) is 0.389. The van der Waals surface area contributed by atoms with Crippen molar-refractivity contribution in [1.82, 2.24) is 15.3 Å². The summed E-state index contributed by atoms with van der Waals surface area (Å²) in [7, 11) is 3.20. The maximum absolute atomic E-state index is 12.1. The predicted octanol–water partition coefficient (Wildman–Crippen LogP) is 2.55. The first-order valence-corrected chi connectivity index (χ1v) is 8.16. The molecule has 0 saturated heterocycles. The van der Waals surface area contributed by atoms with E-state index in [0.29, 0.717) is 41.9 Å². The van der Waals surface area contributed by atoms with Crippen molar-refractivity contribution < 1.29 is 14.3 Å². The smallest absolute Gasteiger partial charge is 0.270 e. The molecule has 1 aromatic heterocycles. The van der Waals surface area contributed by atoms with E-state index in [0.717, 1.165) is 12.0 Å². The lowest BCUT2D eigenvalue weighted by molar-refractivity contribution is 0.0948. The molecule has 7 nitrogen and oxygen atoms in total. The molecule has 25 heavy (non-hydrogen) atoms. The number of ether oxygens (including phenoxy) is 2. The van der Waals surface area contributed by atoms with Crippen LogP contribution in [-0.4, -0.2) is 36.6 Å². The Kier molecular flexibility index (Phi) is 6.56. The number of carbonyl (C=O) groups is 1. The summed E-state index contributed by atoms with van der Waals surface area (Å²) in [5, 5.41) is 6.03. The van der Waals surface area contributed by atoms with E-state index >= 15 is 0 Å². The molecule has 134 valence electrons. The lowest BCUT2D eigenvalue weighted by Gasteiger charge is -2.11. The molecule has 1 aromatic carbocycles. The summed E-state index contributed by atoms with van der Waals surface area (Å²) in [6, 6.07) is 7.34. The quantitative estimate of drug-likeness (QED) is 0.765.